The molecule has 6 heteroatoms. The summed E-state index contributed by atoms with van der Waals surface area (Å²) in [5, 5.41) is 2.86. The van der Waals surface area contributed by atoms with Crippen molar-refractivity contribution in [2.24, 2.45) is 5.92 Å². The molecule has 0 heterocycles. The number of rotatable bonds is 18. The van der Waals surface area contributed by atoms with Gasteiger partial charge in [0.05, 0.1) is 7.11 Å². The highest BCUT2D eigenvalue weighted by molar-refractivity contribution is 5.90. The van der Waals surface area contributed by atoms with Crippen LogP contribution in [-0.4, -0.2) is 44.0 Å². The number of ketones is 1. The molecule has 198 valence electrons. The van der Waals surface area contributed by atoms with E-state index in [-0.39, 0.29) is 18.1 Å². The lowest BCUT2D eigenvalue weighted by atomic mass is 9.91. The first-order valence-corrected chi connectivity index (χ1v) is 13.0. The molecule has 0 saturated heterocycles. The van der Waals surface area contributed by atoms with E-state index in [0.29, 0.717) is 32.5 Å². The van der Waals surface area contributed by atoms with Gasteiger partial charge in [-0.25, -0.2) is 4.79 Å². The van der Waals surface area contributed by atoms with Gasteiger partial charge in [0.25, 0.3) is 0 Å². The molecule has 0 fully saturated rings. The zero-order valence-electron chi connectivity index (χ0n) is 21.8. The molecule has 0 radical (unpaired) electrons. The fourth-order valence-electron chi connectivity index (χ4n) is 4.20. The molecule has 37 heavy (non-hydrogen) atoms. The second kappa shape index (κ2) is 17.9. The molecule has 2 rings (SSSR count). The zero-order chi connectivity index (χ0) is 26.7. The molecule has 0 aliphatic rings. The van der Waals surface area contributed by atoms with Crippen molar-refractivity contribution in [1.82, 2.24) is 5.32 Å². The molecule has 2 aromatic rings. The van der Waals surface area contributed by atoms with Crippen molar-refractivity contribution in [1.29, 1.82) is 0 Å². The summed E-state index contributed by atoms with van der Waals surface area (Å²) in [6.07, 6.45) is 11.3. The Hall–Kier alpha value is -3.43. The molecule has 0 aromatic heterocycles. The summed E-state index contributed by atoms with van der Waals surface area (Å²) in [4.78, 5) is 38.6. The number of ether oxygens (including phenoxy) is 2. The van der Waals surface area contributed by atoms with E-state index in [1.165, 1.54) is 7.11 Å². The standard InChI is InChI=1S/C31H39NO5/c1-3-20-37-21-14-6-4-5-13-19-28(33)24-27(22-25-15-9-7-10-16-25)30(34)32-29(31(35)36-2)23-26-17-11-8-12-18-26/h1,7-12,15-18,27,29H,4-6,13-14,19-24H2,2H3,(H,32,34)/t27-,29+/m1/s1. The number of Topliss-reactive ketones (excluding diaryl/α,β-unsaturated/α-hetero) is 1. The monoisotopic (exact) mass is 505 g/mol. The number of benzene rings is 2. The van der Waals surface area contributed by atoms with E-state index in [4.69, 9.17) is 15.9 Å². The summed E-state index contributed by atoms with van der Waals surface area (Å²) in [6.45, 7) is 1.01. The van der Waals surface area contributed by atoms with Crippen LogP contribution in [-0.2, 0) is 36.7 Å². The lowest BCUT2D eigenvalue weighted by Gasteiger charge is -2.21. The minimum absolute atomic E-state index is 0.0612. The molecule has 0 saturated carbocycles. The van der Waals surface area contributed by atoms with Gasteiger partial charge in [0.1, 0.15) is 18.4 Å². The minimum atomic E-state index is -0.821. The van der Waals surface area contributed by atoms with Gasteiger partial charge in [-0.3, -0.25) is 9.59 Å². The molecule has 0 aliphatic heterocycles. The Morgan fingerprint density at radius 3 is 2.08 bits per heavy atom. The van der Waals surface area contributed by atoms with Crippen molar-refractivity contribution in [3.05, 3.63) is 71.8 Å². The number of carbonyl (C=O) groups is 3. The van der Waals surface area contributed by atoms with E-state index >= 15 is 0 Å². The average Bonchev–Trinajstić information content (AvgIpc) is 2.92. The highest BCUT2D eigenvalue weighted by Crippen LogP contribution is 2.17. The molecule has 1 amide bonds. The van der Waals surface area contributed by atoms with Gasteiger partial charge in [0.15, 0.2) is 0 Å². The maximum Gasteiger partial charge on any atom is 0.328 e. The molecule has 0 spiro atoms. The van der Waals surface area contributed by atoms with Crippen molar-refractivity contribution >= 4 is 17.7 Å². The third-order valence-electron chi connectivity index (χ3n) is 6.18. The third kappa shape index (κ3) is 12.4. The Bertz CT molecular complexity index is 984. The topological polar surface area (TPSA) is 81.7 Å². The summed E-state index contributed by atoms with van der Waals surface area (Å²) in [5.41, 5.74) is 1.89. The maximum atomic E-state index is 13.3. The first kappa shape index (κ1) is 29.8. The van der Waals surface area contributed by atoms with E-state index in [0.717, 1.165) is 43.2 Å². The van der Waals surface area contributed by atoms with E-state index in [9.17, 15) is 14.4 Å². The summed E-state index contributed by atoms with van der Waals surface area (Å²) in [7, 11) is 1.31. The van der Waals surface area contributed by atoms with Crippen LogP contribution in [0.1, 0.15) is 56.1 Å². The number of methoxy groups -OCH3 is 1. The lowest BCUT2D eigenvalue weighted by molar-refractivity contribution is -0.145. The van der Waals surface area contributed by atoms with Gasteiger partial charge in [-0.1, -0.05) is 85.8 Å². The van der Waals surface area contributed by atoms with Crippen molar-refractivity contribution in [3.8, 4) is 12.3 Å². The second-order valence-electron chi connectivity index (χ2n) is 9.18. The molecule has 0 bridgehead atoms. The average molecular weight is 506 g/mol. The summed E-state index contributed by atoms with van der Waals surface area (Å²) >= 11 is 0. The largest absolute Gasteiger partial charge is 0.467 e. The molecule has 6 nitrogen and oxygen atoms in total. The summed E-state index contributed by atoms with van der Waals surface area (Å²) in [6, 6.07) is 18.3. The Balaban J connectivity index is 1.93. The Kier molecular flexibility index (Phi) is 14.4. The zero-order valence-corrected chi connectivity index (χ0v) is 21.8. The van der Waals surface area contributed by atoms with Crippen LogP contribution in [0, 0.1) is 18.3 Å². The normalized spacial score (nSPS) is 12.2. The molecule has 1 N–H and O–H groups in total. The number of unbranched alkanes of at least 4 members (excludes halogenated alkanes) is 4. The highest BCUT2D eigenvalue weighted by Gasteiger charge is 2.28. The van der Waals surface area contributed by atoms with Gasteiger partial charge >= 0.3 is 5.97 Å². The highest BCUT2D eigenvalue weighted by atomic mass is 16.5. The molecule has 2 atom stereocenters. The minimum Gasteiger partial charge on any atom is -0.467 e. The fraction of sp³-hybridized carbons (Fsp3) is 0.452. The smallest absolute Gasteiger partial charge is 0.328 e. The Morgan fingerprint density at radius 2 is 1.46 bits per heavy atom. The van der Waals surface area contributed by atoms with Crippen LogP contribution in [0.2, 0.25) is 0 Å². The quantitative estimate of drug-likeness (QED) is 0.181. The van der Waals surface area contributed by atoms with Crippen LogP contribution < -0.4 is 5.32 Å². The van der Waals surface area contributed by atoms with Crippen molar-refractivity contribution in [2.45, 2.75) is 63.8 Å². The van der Waals surface area contributed by atoms with Gasteiger partial charge < -0.3 is 14.8 Å². The van der Waals surface area contributed by atoms with Gasteiger partial charge in [-0.2, -0.15) is 0 Å². The number of carbonyl (C=O) groups excluding carboxylic acids is 3. The third-order valence-corrected chi connectivity index (χ3v) is 6.18. The summed E-state index contributed by atoms with van der Waals surface area (Å²) < 4.78 is 10.2. The van der Waals surface area contributed by atoms with Crippen molar-refractivity contribution in [3.63, 3.8) is 0 Å². The number of esters is 1. The van der Waals surface area contributed by atoms with Crippen LogP contribution in [0.3, 0.4) is 0 Å². The molecule has 0 aliphatic carbocycles. The van der Waals surface area contributed by atoms with E-state index in [2.05, 4.69) is 11.2 Å². The predicted molar refractivity (Wildman–Crippen MR) is 145 cm³/mol. The molecular weight excluding hydrogens is 466 g/mol. The predicted octanol–water partition coefficient (Wildman–Crippen LogP) is 4.70. The first-order valence-electron chi connectivity index (χ1n) is 13.0. The number of hydrogen-bond donors (Lipinski definition) is 1. The van der Waals surface area contributed by atoms with E-state index < -0.39 is 17.9 Å². The SMILES string of the molecule is C#CCOCCCCCCCC(=O)C[C@@H](Cc1ccccc1)C(=O)N[C@@H](Cc1ccccc1)C(=O)OC. The van der Waals surface area contributed by atoms with Crippen LogP contribution in [0.4, 0.5) is 0 Å². The number of hydrogen-bond acceptors (Lipinski definition) is 5. The number of amides is 1. The van der Waals surface area contributed by atoms with E-state index in [1.807, 2.05) is 60.7 Å². The summed E-state index contributed by atoms with van der Waals surface area (Å²) in [5.74, 6) is 1.13. The van der Waals surface area contributed by atoms with Crippen LogP contribution in [0.5, 0.6) is 0 Å². The Labute approximate surface area is 221 Å². The van der Waals surface area contributed by atoms with Gasteiger partial charge in [-0.15, -0.1) is 6.42 Å². The van der Waals surface area contributed by atoms with Crippen LogP contribution >= 0.6 is 0 Å². The van der Waals surface area contributed by atoms with Gasteiger partial charge in [-0.05, 0) is 30.4 Å². The molecule has 2 aromatic carbocycles. The first-order chi connectivity index (χ1) is 18.0. The Morgan fingerprint density at radius 1 is 0.865 bits per heavy atom. The number of terminal acetylenes is 1. The second-order valence-corrected chi connectivity index (χ2v) is 9.18. The maximum absolute atomic E-state index is 13.3. The van der Waals surface area contributed by atoms with Crippen molar-refractivity contribution in [2.75, 3.05) is 20.3 Å². The molecular formula is C31H39NO5. The lowest BCUT2D eigenvalue weighted by Crippen LogP contribution is -2.46. The van der Waals surface area contributed by atoms with Crippen LogP contribution in [0.25, 0.3) is 0 Å². The van der Waals surface area contributed by atoms with Gasteiger partial charge in [0.2, 0.25) is 5.91 Å². The molecule has 0 unspecified atom stereocenters. The number of nitrogens with one attached hydrogen (secondary N) is 1. The van der Waals surface area contributed by atoms with Crippen LogP contribution in [0.15, 0.2) is 60.7 Å². The fourth-order valence-corrected chi connectivity index (χ4v) is 4.20. The van der Waals surface area contributed by atoms with Crippen molar-refractivity contribution < 1.29 is 23.9 Å². The van der Waals surface area contributed by atoms with Gasteiger partial charge in [0, 0.05) is 31.8 Å². The van der Waals surface area contributed by atoms with E-state index in [1.54, 1.807) is 0 Å².